The highest BCUT2D eigenvalue weighted by Gasteiger charge is 2.37. The molecule has 0 unspecified atom stereocenters. The van der Waals surface area contributed by atoms with Crippen LogP contribution in [-0.2, 0) is 11.8 Å². The van der Waals surface area contributed by atoms with Crippen LogP contribution in [0.4, 0.5) is 4.79 Å². The molecule has 8 heteroatoms. The minimum atomic E-state index is -1.18. The molecule has 2 aromatic carbocycles. The van der Waals surface area contributed by atoms with Crippen LogP contribution in [0.1, 0.15) is 38.6 Å². The molecule has 0 aliphatic carbocycles. The molecule has 1 aromatic heterocycles. The maximum absolute atomic E-state index is 13.2. The number of benzene rings is 2. The number of carboxylic acid groups (broad SMARTS) is 1. The second-order valence-electron chi connectivity index (χ2n) is 8.63. The molecule has 4 rings (SSSR count). The Bertz CT molecular complexity index is 1170. The fourth-order valence-electron chi connectivity index (χ4n) is 4.50. The van der Waals surface area contributed by atoms with Crippen molar-refractivity contribution in [2.45, 2.75) is 38.8 Å². The number of rotatable bonds is 5. The number of halogens is 1. The predicted octanol–water partition coefficient (Wildman–Crippen LogP) is 4.96. The van der Waals surface area contributed by atoms with Gasteiger partial charge in [-0.2, -0.15) is 0 Å². The van der Waals surface area contributed by atoms with Crippen molar-refractivity contribution >= 4 is 38.7 Å². The molecular formula is C24H27BrN4O3. The fraction of sp³-hybridized carbons (Fsp3) is 0.375. The van der Waals surface area contributed by atoms with E-state index in [2.05, 4.69) is 51.6 Å². The summed E-state index contributed by atoms with van der Waals surface area (Å²) in [5, 5.41) is 13.9. The van der Waals surface area contributed by atoms with Crippen molar-refractivity contribution in [3.8, 4) is 11.3 Å². The van der Waals surface area contributed by atoms with Crippen molar-refractivity contribution in [3.05, 3.63) is 52.9 Å². The molecule has 7 nitrogen and oxygen atoms in total. The smallest absolute Gasteiger partial charge is 0.405 e. The number of imidazole rings is 1. The third kappa shape index (κ3) is 4.24. The van der Waals surface area contributed by atoms with Crippen LogP contribution < -0.4 is 5.32 Å². The third-order valence-electron chi connectivity index (χ3n) is 6.17. The van der Waals surface area contributed by atoms with Gasteiger partial charge in [0, 0.05) is 23.6 Å². The Balaban J connectivity index is 1.64. The lowest BCUT2D eigenvalue weighted by atomic mass is 10.0. The highest BCUT2D eigenvalue weighted by molar-refractivity contribution is 9.10. The lowest BCUT2D eigenvalue weighted by Crippen LogP contribution is -2.50. The first-order valence-electron chi connectivity index (χ1n) is 10.8. The first-order valence-corrected chi connectivity index (χ1v) is 11.6. The second-order valence-corrected chi connectivity index (χ2v) is 9.54. The monoisotopic (exact) mass is 498 g/mol. The molecule has 0 saturated carbocycles. The maximum atomic E-state index is 13.2. The van der Waals surface area contributed by atoms with E-state index in [0.717, 1.165) is 45.2 Å². The number of amides is 2. The summed E-state index contributed by atoms with van der Waals surface area (Å²) in [5.41, 5.74) is 2.04. The quantitative estimate of drug-likeness (QED) is 0.520. The zero-order valence-corrected chi connectivity index (χ0v) is 20.0. The number of carbonyl (C=O) groups is 2. The molecule has 2 N–H and O–H groups in total. The highest BCUT2D eigenvalue weighted by Crippen LogP contribution is 2.35. The molecular weight excluding hydrogens is 472 g/mol. The molecule has 1 aliphatic rings. The Kier molecular flexibility index (Phi) is 6.24. The fourth-order valence-corrected chi connectivity index (χ4v) is 4.88. The van der Waals surface area contributed by atoms with Crippen molar-refractivity contribution in [1.82, 2.24) is 19.8 Å². The van der Waals surface area contributed by atoms with Crippen LogP contribution in [0.15, 0.2) is 47.1 Å². The molecule has 1 fully saturated rings. The van der Waals surface area contributed by atoms with Crippen molar-refractivity contribution < 1.29 is 14.7 Å². The van der Waals surface area contributed by atoms with Gasteiger partial charge < -0.3 is 19.9 Å². The van der Waals surface area contributed by atoms with Crippen LogP contribution in [0, 0.1) is 5.92 Å². The second kappa shape index (κ2) is 8.94. The van der Waals surface area contributed by atoms with Gasteiger partial charge in [-0.25, -0.2) is 9.78 Å². The maximum Gasteiger partial charge on any atom is 0.405 e. The van der Waals surface area contributed by atoms with E-state index in [4.69, 9.17) is 4.98 Å². The van der Waals surface area contributed by atoms with E-state index in [9.17, 15) is 14.7 Å². The van der Waals surface area contributed by atoms with E-state index < -0.39 is 12.1 Å². The SMILES string of the molecule is CC(C)[C@H](NC(=O)O)C(=O)N1CCC[C@H]1c1ncc(-c2ccc3cc(Br)ccc3c2)n1C. The number of nitrogens with zero attached hydrogens (tertiary/aromatic N) is 3. The average Bonchev–Trinajstić information content (AvgIpc) is 3.37. The summed E-state index contributed by atoms with van der Waals surface area (Å²) in [7, 11) is 1.97. The number of carbonyl (C=O) groups excluding carboxylic acids is 1. The molecule has 2 atom stereocenters. The van der Waals surface area contributed by atoms with Gasteiger partial charge in [0.1, 0.15) is 11.9 Å². The van der Waals surface area contributed by atoms with Crippen molar-refractivity contribution in [2.24, 2.45) is 13.0 Å². The Morgan fingerprint density at radius 2 is 1.91 bits per heavy atom. The van der Waals surface area contributed by atoms with Gasteiger partial charge in [0.2, 0.25) is 5.91 Å². The molecule has 0 bridgehead atoms. The van der Waals surface area contributed by atoms with Crippen LogP contribution in [0.3, 0.4) is 0 Å². The molecule has 3 aromatic rings. The van der Waals surface area contributed by atoms with Gasteiger partial charge in [-0.1, -0.05) is 48.0 Å². The molecule has 0 spiro atoms. The molecule has 2 heterocycles. The average molecular weight is 499 g/mol. The lowest BCUT2D eigenvalue weighted by molar-refractivity contribution is -0.135. The third-order valence-corrected chi connectivity index (χ3v) is 6.66. The van der Waals surface area contributed by atoms with E-state index >= 15 is 0 Å². The number of fused-ring (bicyclic) bond motifs is 1. The van der Waals surface area contributed by atoms with Gasteiger partial charge in [0.05, 0.1) is 17.9 Å². The number of nitrogens with one attached hydrogen (secondary N) is 1. The number of aromatic nitrogens is 2. The summed E-state index contributed by atoms with van der Waals surface area (Å²) in [5.74, 6) is 0.486. The topological polar surface area (TPSA) is 87.5 Å². The molecule has 1 aliphatic heterocycles. The van der Waals surface area contributed by atoms with Gasteiger partial charge in [-0.15, -0.1) is 0 Å². The van der Waals surface area contributed by atoms with Crippen LogP contribution >= 0.6 is 15.9 Å². The Morgan fingerprint density at radius 3 is 2.62 bits per heavy atom. The van der Waals surface area contributed by atoms with Crippen LogP contribution in [0.25, 0.3) is 22.0 Å². The van der Waals surface area contributed by atoms with Crippen LogP contribution in [-0.4, -0.2) is 44.1 Å². The van der Waals surface area contributed by atoms with Crippen molar-refractivity contribution in [1.29, 1.82) is 0 Å². The largest absolute Gasteiger partial charge is 0.465 e. The minimum Gasteiger partial charge on any atom is -0.465 e. The molecule has 168 valence electrons. The Labute approximate surface area is 195 Å². The van der Waals surface area contributed by atoms with Crippen LogP contribution in [0.5, 0.6) is 0 Å². The van der Waals surface area contributed by atoms with Crippen LogP contribution in [0.2, 0.25) is 0 Å². The van der Waals surface area contributed by atoms with Gasteiger partial charge in [-0.05, 0) is 47.7 Å². The zero-order valence-electron chi connectivity index (χ0n) is 18.4. The molecule has 2 amide bonds. The summed E-state index contributed by atoms with van der Waals surface area (Å²) in [6.07, 6.45) is 2.34. The predicted molar refractivity (Wildman–Crippen MR) is 127 cm³/mol. The van der Waals surface area contributed by atoms with Gasteiger partial charge >= 0.3 is 6.09 Å². The minimum absolute atomic E-state index is 0.144. The van der Waals surface area contributed by atoms with Gasteiger partial charge in [0.15, 0.2) is 0 Å². The summed E-state index contributed by atoms with van der Waals surface area (Å²) < 4.78 is 3.09. The van der Waals surface area contributed by atoms with E-state index in [0.29, 0.717) is 6.54 Å². The van der Waals surface area contributed by atoms with Gasteiger partial charge in [0.25, 0.3) is 0 Å². The Hall–Kier alpha value is -2.87. The summed E-state index contributed by atoms with van der Waals surface area (Å²) in [4.78, 5) is 30.9. The standard InChI is InChI=1S/C24H27BrN4O3/c1-14(2)21(27-24(31)32)23(30)29-10-4-5-19(29)22-26-13-20(28(22)3)17-7-6-16-12-18(25)9-8-15(16)11-17/h6-9,11-14,19,21,27H,4-5,10H2,1-3H3,(H,31,32)/t19-,21-/m0/s1. The van der Waals surface area contributed by atoms with Gasteiger partial charge in [-0.3, -0.25) is 4.79 Å². The molecule has 32 heavy (non-hydrogen) atoms. The summed E-state index contributed by atoms with van der Waals surface area (Å²) in [6.45, 7) is 4.29. The molecule has 0 radical (unpaired) electrons. The van der Waals surface area contributed by atoms with Crippen molar-refractivity contribution in [3.63, 3.8) is 0 Å². The molecule has 1 saturated heterocycles. The van der Waals surface area contributed by atoms with E-state index in [1.165, 1.54) is 0 Å². The summed E-state index contributed by atoms with van der Waals surface area (Å²) >= 11 is 3.51. The Morgan fingerprint density at radius 1 is 1.19 bits per heavy atom. The zero-order chi connectivity index (χ0) is 23.0. The summed E-state index contributed by atoms with van der Waals surface area (Å²) in [6, 6.07) is 11.6. The number of hydrogen-bond donors (Lipinski definition) is 2. The number of hydrogen-bond acceptors (Lipinski definition) is 3. The van der Waals surface area contributed by atoms with E-state index in [-0.39, 0.29) is 17.9 Å². The number of likely N-dealkylation sites (tertiary alicyclic amines) is 1. The lowest BCUT2D eigenvalue weighted by Gasteiger charge is -2.30. The normalized spacial score (nSPS) is 17.2. The van der Waals surface area contributed by atoms with Crippen molar-refractivity contribution in [2.75, 3.05) is 6.54 Å². The van der Waals surface area contributed by atoms with E-state index in [1.807, 2.05) is 37.7 Å². The first-order chi connectivity index (χ1) is 15.3. The first kappa shape index (κ1) is 22.3. The van der Waals surface area contributed by atoms with E-state index in [1.54, 1.807) is 4.90 Å². The highest BCUT2D eigenvalue weighted by atomic mass is 79.9.